The van der Waals surface area contributed by atoms with Crippen molar-refractivity contribution in [2.24, 2.45) is 5.10 Å². The van der Waals surface area contributed by atoms with Gasteiger partial charge in [0.15, 0.2) is 11.5 Å². The number of carbonyl (C=O) groups excluding carboxylic acids is 2. The summed E-state index contributed by atoms with van der Waals surface area (Å²) in [5.41, 5.74) is 2.48. The molecule has 0 aromatic heterocycles. The second-order valence-corrected chi connectivity index (χ2v) is 6.61. The Morgan fingerprint density at radius 3 is 2.52 bits per heavy atom. The van der Waals surface area contributed by atoms with Crippen LogP contribution in [0.25, 0.3) is 0 Å². The lowest BCUT2D eigenvalue weighted by Crippen LogP contribution is -2.20. The maximum Gasteiger partial charge on any atom is 0.274 e. The number of amides is 2. The molecule has 0 aliphatic heterocycles. The quantitative estimate of drug-likeness (QED) is 0.311. The molecule has 2 rings (SSSR count). The number of phenols is 1. The van der Waals surface area contributed by atoms with E-state index in [2.05, 4.69) is 31.8 Å². The molecule has 29 heavy (non-hydrogen) atoms. The number of aromatic hydroxyl groups is 1. The number of benzene rings is 2. The van der Waals surface area contributed by atoms with Gasteiger partial charge in [0, 0.05) is 34.6 Å². The van der Waals surface area contributed by atoms with E-state index in [9.17, 15) is 24.8 Å². The first-order chi connectivity index (χ1) is 13.8. The van der Waals surface area contributed by atoms with Crippen LogP contribution in [0.3, 0.4) is 0 Å². The van der Waals surface area contributed by atoms with Crippen LogP contribution >= 0.6 is 15.9 Å². The Kier molecular flexibility index (Phi) is 7.66. The number of rotatable bonds is 8. The van der Waals surface area contributed by atoms with Gasteiger partial charge in [-0.15, -0.1) is 0 Å². The average molecular weight is 465 g/mol. The van der Waals surface area contributed by atoms with E-state index in [1.165, 1.54) is 7.11 Å². The first-order valence-electron chi connectivity index (χ1n) is 8.23. The molecule has 0 heterocycles. The molecule has 11 heteroatoms. The van der Waals surface area contributed by atoms with Crippen molar-refractivity contribution in [3.63, 3.8) is 0 Å². The van der Waals surface area contributed by atoms with Crippen LogP contribution in [0.4, 0.5) is 11.4 Å². The van der Waals surface area contributed by atoms with Crippen LogP contribution in [0.1, 0.15) is 18.4 Å². The number of nitrogens with zero attached hydrogens (tertiary/aromatic N) is 2. The summed E-state index contributed by atoms with van der Waals surface area (Å²) in [6.07, 6.45) is 0.863. The minimum Gasteiger partial charge on any atom is -0.504 e. The number of halogens is 1. The highest BCUT2D eigenvalue weighted by molar-refractivity contribution is 9.10. The molecule has 3 N–H and O–H groups in total. The van der Waals surface area contributed by atoms with Gasteiger partial charge in [-0.25, -0.2) is 5.43 Å². The molecule has 2 aromatic carbocycles. The molecule has 2 amide bonds. The van der Waals surface area contributed by atoms with Gasteiger partial charge in [-0.3, -0.25) is 19.7 Å². The van der Waals surface area contributed by atoms with Gasteiger partial charge in [-0.2, -0.15) is 5.10 Å². The Labute approximate surface area is 173 Å². The van der Waals surface area contributed by atoms with E-state index >= 15 is 0 Å². The van der Waals surface area contributed by atoms with Crippen LogP contribution in [-0.2, 0) is 9.59 Å². The van der Waals surface area contributed by atoms with E-state index in [1.54, 1.807) is 24.3 Å². The molecule has 0 bridgehead atoms. The number of hydrazone groups is 1. The molecule has 0 saturated carbocycles. The van der Waals surface area contributed by atoms with Crippen LogP contribution in [0, 0.1) is 10.1 Å². The fraction of sp³-hybridized carbons (Fsp3) is 0.167. The molecule has 152 valence electrons. The number of nitrogens with one attached hydrogen (secondary N) is 2. The van der Waals surface area contributed by atoms with Crippen LogP contribution in [0.15, 0.2) is 46.0 Å². The normalized spacial score (nSPS) is 10.6. The second kappa shape index (κ2) is 10.2. The van der Waals surface area contributed by atoms with E-state index in [4.69, 9.17) is 4.74 Å². The highest BCUT2D eigenvalue weighted by atomic mass is 79.9. The Balaban J connectivity index is 1.89. The van der Waals surface area contributed by atoms with Crippen LogP contribution < -0.4 is 15.5 Å². The third-order valence-electron chi connectivity index (χ3n) is 3.62. The maximum atomic E-state index is 11.9. The molecular weight excluding hydrogens is 448 g/mol. The monoisotopic (exact) mass is 464 g/mol. The summed E-state index contributed by atoms with van der Waals surface area (Å²) in [4.78, 5) is 33.9. The summed E-state index contributed by atoms with van der Waals surface area (Å²) in [5, 5.41) is 27.2. The van der Waals surface area contributed by atoms with Crippen molar-refractivity contribution in [3.8, 4) is 11.5 Å². The number of hydrogen-bond acceptors (Lipinski definition) is 7. The predicted octanol–water partition coefficient (Wildman–Crippen LogP) is 2.94. The zero-order valence-corrected chi connectivity index (χ0v) is 16.8. The molecule has 0 fully saturated rings. The average Bonchev–Trinajstić information content (AvgIpc) is 2.69. The number of non-ortho nitro benzene ring substituents is 1. The number of ether oxygens (including phenoxy) is 1. The highest BCUT2D eigenvalue weighted by Crippen LogP contribution is 2.33. The van der Waals surface area contributed by atoms with Gasteiger partial charge < -0.3 is 15.2 Å². The topological polar surface area (TPSA) is 143 Å². The smallest absolute Gasteiger partial charge is 0.274 e. The predicted molar refractivity (Wildman–Crippen MR) is 109 cm³/mol. The maximum absolute atomic E-state index is 11.9. The Morgan fingerprint density at radius 2 is 1.90 bits per heavy atom. The van der Waals surface area contributed by atoms with Gasteiger partial charge >= 0.3 is 0 Å². The fourth-order valence-electron chi connectivity index (χ4n) is 2.19. The zero-order chi connectivity index (χ0) is 21.4. The SMILES string of the molecule is COc1cc([N+](=O)[O-])cc(/C=N\NC(=O)CCC(=O)Nc2ccc(Br)cc2)c1O. The highest BCUT2D eigenvalue weighted by Gasteiger charge is 2.16. The lowest BCUT2D eigenvalue weighted by Gasteiger charge is -2.06. The van der Waals surface area contributed by atoms with E-state index in [1.807, 2.05) is 0 Å². The number of nitro benzene ring substituents is 1. The number of methoxy groups -OCH3 is 1. The molecule has 0 spiro atoms. The van der Waals surface area contributed by atoms with Gasteiger partial charge in [0.25, 0.3) is 5.69 Å². The first-order valence-corrected chi connectivity index (χ1v) is 9.02. The van der Waals surface area contributed by atoms with Gasteiger partial charge in [0.1, 0.15) is 0 Å². The second-order valence-electron chi connectivity index (χ2n) is 5.69. The molecule has 0 atom stereocenters. The van der Waals surface area contributed by atoms with Crippen molar-refractivity contribution in [2.75, 3.05) is 12.4 Å². The van der Waals surface area contributed by atoms with Crippen LogP contribution in [-0.4, -0.2) is 35.2 Å². The van der Waals surface area contributed by atoms with Crippen molar-refractivity contribution < 1.29 is 24.4 Å². The van der Waals surface area contributed by atoms with Crippen molar-refractivity contribution in [1.82, 2.24) is 5.43 Å². The van der Waals surface area contributed by atoms with Gasteiger partial charge in [-0.05, 0) is 24.3 Å². The largest absolute Gasteiger partial charge is 0.504 e. The summed E-state index contributed by atoms with van der Waals surface area (Å²) < 4.78 is 5.75. The number of phenolic OH excluding ortho intramolecular Hbond substituents is 1. The lowest BCUT2D eigenvalue weighted by atomic mass is 10.2. The summed E-state index contributed by atoms with van der Waals surface area (Å²) in [6, 6.07) is 9.12. The number of anilines is 1. The first kappa shape index (κ1) is 21.8. The summed E-state index contributed by atoms with van der Waals surface area (Å²) >= 11 is 3.29. The molecule has 10 nitrogen and oxygen atoms in total. The minimum atomic E-state index is -0.651. The molecule has 0 radical (unpaired) electrons. The Hall–Kier alpha value is -3.47. The molecule has 0 aliphatic rings. The third kappa shape index (κ3) is 6.57. The number of carbonyl (C=O) groups is 2. The van der Waals surface area contributed by atoms with Crippen molar-refractivity contribution >= 4 is 45.3 Å². The summed E-state index contributed by atoms with van der Waals surface area (Å²) in [5.74, 6) is -1.34. The van der Waals surface area contributed by atoms with Crippen LogP contribution in [0.5, 0.6) is 11.5 Å². The lowest BCUT2D eigenvalue weighted by molar-refractivity contribution is -0.385. The van der Waals surface area contributed by atoms with Crippen molar-refractivity contribution in [2.45, 2.75) is 12.8 Å². The van der Waals surface area contributed by atoms with E-state index in [0.29, 0.717) is 5.69 Å². The van der Waals surface area contributed by atoms with E-state index in [0.717, 1.165) is 22.8 Å². The number of hydrogen-bond donors (Lipinski definition) is 3. The Morgan fingerprint density at radius 1 is 1.24 bits per heavy atom. The third-order valence-corrected chi connectivity index (χ3v) is 4.15. The standard InChI is InChI=1S/C18H17BrN4O6/c1-29-15-9-14(23(27)28)8-11(18(15)26)10-20-22-17(25)7-6-16(24)21-13-4-2-12(19)3-5-13/h2-5,8-10,26H,6-7H2,1H3,(H,21,24)(H,22,25)/b20-10-. The van der Waals surface area contributed by atoms with E-state index in [-0.39, 0.29) is 41.5 Å². The van der Waals surface area contributed by atoms with Crippen LogP contribution in [0.2, 0.25) is 0 Å². The van der Waals surface area contributed by atoms with Gasteiger partial charge in [0.05, 0.1) is 24.3 Å². The van der Waals surface area contributed by atoms with E-state index < -0.39 is 10.8 Å². The summed E-state index contributed by atoms with van der Waals surface area (Å²) in [7, 11) is 1.25. The van der Waals surface area contributed by atoms with Gasteiger partial charge in [-0.1, -0.05) is 15.9 Å². The fourth-order valence-corrected chi connectivity index (χ4v) is 2.45. The minimum absolute atomic E-state index is 0.00988. The van der Waals surface area contributed by atoms with Crippen molar-refractivity contribution in [3.05, 3.63) is 56.5 Å². The molecule has 0 unspecified atom stereocenters. The van der Waals surface area contributed by atoms with Gasteiger partial charge in [0.2, 0.25) is 11.8 Å². The molecule has 0 saturated heterocycles. The molecular formula is C18H17BrN4O6. The summed E-state index contributed by atoms with van der Waals surface area (Å²) in [6.45, 7) is 0. The van der Waals surface area contributed by atoms with Crippen molar-refractivity contribution in [1.29, 1.82) is 0 Å². The zero-order valence-electron chi connectivity index (χ0n) is 15.2. The molecule has 2 aromatic rings. The number of nitro groups is 1. The Bertz CT molecular complexity index is 946. The molecule has 0 aliphatic carbocycles.